The summed E-state index contributed by atoms with van der Waals surface area (Å²) in [7, 11) is 0. The molecule has 0 bridgehead atoms. The molecule has 0 aromatic heterocycles. The lowest BCUT2D eigenvalue weighted by Gasteiger charge is -2.21. The third-order valence-electron chi connectivity index (χ3n) is 3.04. The van der Waals surface area contributed by atoms with Gasteiger partial charge >= 0.3 is 6.09 Å². The molecular formula is C16H23N3O4S. The van der Waals surface area contributed by atoms with E-state index in [2.05, 4.69) is 16.0 Å². The van der Waals surface area contributed by atoms with Gasteiger partial charge in [0.25, 0.3) is 0 Å². The first kappa shape index (κ1) is 18.4. The molecule has 0 saturated carbocycles. The van der Waals surface area contributed by atoms with Crippen LogP contribution in [-0.2, 0) is 9.53 Å². The second-order valence-corrected chi connectivity index (χ2v) is 7.48. The fourth-order valence-corrected chi connectivity index (χ4v) is 2.80. The minimum Gasteiger partial charge on any atom is -0.444 e. The Hall–Kier alpha value is -1.93. The van der Waals surface area contributed by atoms with Gasteiger partial charge in [-0.15, -0.1) is 11.8 Å². The second-order valence-electron chi connectivity index (χ2n) is 6.47. The highest BCUT2D eigenvalue weighted by atomic mass is 32.2. The van der Waals surface area contributed by atoms with Gasteiger partial charge in [0.05, 0.1) is 17.5 Å². The molecule has 24 heavy (non-hydrogen) atoms. The number of ether oxygens (including phenoxy) is 1. The number of benzene rings is 1. The second kappa shape index (κ2) is 7.76. The van der Waals surface area contributed by atoms with Gasteiger partial charge < -0.3 is 25.8 Å². The Morgan fingerprint density at radius 1 is 1.42 bits per heavy atom. The van der Waals surface area contributed by atoms with E-state index in [1.54, 1.807) is 20.8 Å². The lowest BCUT2D eigenvalue weighted by Crippen LogP contribution is -2.39. The monoisotopic (exact) mass is 353 g/mol. The normalized spacial score (nSPS) is 15.1. The van der Waals surface area contributed by atoms with E-state index in [1.807, 2.05) is 18.2 Å². The standard InChI is InChI=1S/C16H23N3O4S/c1-16(2,3)23-15(22)18-8-11(20)7-17-10-4-5-13-12(6-10)19-14(21)9-24-13/h4-6,11,17,20H,7-9H2,1-3H3,(H,18,22)(H,19,21)/t11-/m0/s1. The number of alkyl carbamates (subject to hydrolysis) is 1. The van der Waals surface area contributed by atoms with Crippen LogP contribution >= 0.6 is 11.8 Å². The molecule has 4 N–H and O–H groups in total. The van der Waals surface area contributed by atoms with E-state index in [4.69, 9.17) is 4.74 Å². The number of amides is 2. The molecule has 1 aliphatic rings. The topological polar surface area (TPSA) is 99.7 Å². The van der Waals surface area contributed by atoms with E-state index in [9.17, 15) is 14.7 Å². The van der Waals surface area contributed by atoms with Crippen molar-refractivity contribution >= 4 is 35.1 Å². The highest BCUT2D eigenvalue weighted by molar-refractivity contribution is 8.00. The van der Waals surface area contributed by atoms with Crippen LogP contribution in [0.4, 0.5) is 16.2 Å². The van der Waals surface area contributed by atoms with Crippen LogP contribution in [0, 0.1) is 0 Å². The molecule has 0 aliphatic carbocycles. The molecule has 1 heterocycles. The van der Waals surface area contributed by atoms with Crippen molar-refractivity contribution in [2.75, 3.05) is 29.5 Å². The summed E-state index contributed by atoms with van der Waals surface area (Å²) >= 11 is 1.50. The number of nitrogens with one attached hydrogen (secondary N) is 3. The summed E-state index contributed by atoms with van der Waals surface area (Å²) in [6, 6.07) is 5.64. The third kappa shape index (κ3) is 5.93. The van der Waals surface area contributed by atoms with Crippen molar-refractivity contribution in [3.05, 3.63) is 18.2 Å². The lowest BCUT2D eigenvalue weighted by atomic mass is 10.2. The smallest absolute Gasteiger partial charge is 0.407 e. The fourth-order valence-electron chi connectivity index (χ4n) is 2.02. The molecule has 2 rings (SSSR count). The molecule has 8 heteroatoms. The minimum absolute atomic E-state index is 0.0220. The van der Waals surface area contributed by atoms with Gasteiger partial charge in [0.1, 0.15) is 5.60 Å². The number of carbonyl (C=O) groups is 2. The summed E-state index contributed by atoms with van der Waals surface area (Å²) in [4.78, 5) is 23.9. The van der Waals surface area contributed by atoms with Crippen LogP contribution in [0.15, 0.2) is 23.1 Å². The molecular weight excluding hydrogens is 330 g/mol. The Morgan fingerprint density at radius 3 is 2.88 bits per heavy atom. The van der Waals surface area contributed by atoms with Gasteiger partial charge in [-0.3, -0.25) is 4.79 Å². The molecule has 0 unspecified atom stereocenters. The van der Waals surface area contributed by atoms with Crippen LogP contribution in [-0.4, -0.2) is 47.7 Å². The van der Waals surface area contributed by atoms with E-state index < -0.39 is 17.8 Å². The Balaban J connectivity index is 1.78. The van der Waals surface area contributed by atoms with Crippen LogP contribution in [0.5, 0.6) is 0 Å². The maximum Gasteiger partial charge on any atom is 0.407 e. The van der Waals surface area contributed by atoms with Gasteiger partial charge in [-0.25, -0.2) is 4.79 Å². The summed E-state index contributed by atoms with van der Waals surface area (Å²) in [5, 5.41) is 18.3. The van der Waals surface area contributed by atoms with E-state index in [-0.39, 0.29) is 19.0 Å². The molecule has 1 aromatic carbocycles. The predicted octanol–water partition coefficient (Wildman–Crippen LogP) is 2.03. The van der Waals surface area contributed by atoms with Crippen LogP contribution in [0.3, 0.4) is 0 Å². The number of rotatable bonds is 5. The Morgan fingerprint density at radius 2 is 2.17 bits per heavy atom. The summed E-state index contributed by atoms with van der Waals surface area (Å²) < 4.78 is 5.10. The van der Waals surface area contributed by atoms with E-state index >= 15 is 0 Å². The first-order chi connectivity index (χ1) is 11.2. The number of carbonyl (C=O) groups excluding carboxylic acids is 2. The molecule has 2 amide bonds. The molecule has 1 aliphatic heterocycles. The highest BCUT2D eigenvalue weighted by Crippen LogP contribution is 2.33. The molecule has 1 atom stereocenters. The molecule has 0 spiro atoms. The number of thioether (sulfide) groups is 1. The number of anilines is 2. The van der Waals surface area contributed by atoms with Gasteiger partial charge in [-0.1, -0.05) is 0 Å². The quantitative estimate of drug-likeness (QED) is 0.646. The van der Waals surface area contributed by atoms with Crippen molar-refractivity contribution < 1.29 is 19.4 Å². The SMILES string of the molecule is CC(C)(C)OC(=O)NC[C@@H](O)CNc1ccc2c(c1)NC(=O)CS2. The first-order valence-corrected chi connectivity index (χ1v) is 8.67. The van der Waals surface area contributed by atoms with Gasteiger partial charge in [-0.2, -0.15) is 0 Å². The van der Waals surface area contributed by atoms with Crippen LogP contribution in [0.2, 0.25) is 0 Å². The molecule has 7 nitrogen and oxygen atoms in total. The summed E-state index contributed by atoms with van der Waals surface area (Å²) in [5.41, 5.74) is 0.981. The van der Waals surface area contributed by atoms with Gasteiger partial charge in [-0.05, 0) is 39.0 Å². The summed E-state index contributed by atoms with van der Waals surface area (Å²) in [6.45, 7) is 5.67. The zero-order chi connectivity index (χ0) is 17.7. The first-order valence-electron chi connectivity index (χ1n) is 7.68. The van der Waals surface area contributed by atoms with Crippen molar-refractivity contribution in [2.45, 2.75) is 37.4 Å². The number of hydrogen-bond donors (Lipinski definition) is 4. The zero-order valence-electron chi connectivity index (χ0n) is 14.0. The number of fused-ring (bicyclic) bond motifs is 1. The largest absolute Gasteiger partial charge is 0.444 e. The van der Waals surface area contributed by atoms with Crippen molar-refractivity contribution in [2.24, 2.45) is 0 Å². The maximum absolute atomic E-state index is 11.5. The molecule has 0 fully saturated rings. The minimum atomic E-state index is -0.766. The van der Waals surface area contributed by atoms with E-state index in [1.165, 1.54) is 11.8 Å². The van der Waals surface area contributed by atoms with Crippen molar-refractivity contribution in [1.82, 2.24) is 5.32 Å². The Labute approximate surface area is 145 Å². The molecule has 132 valence electrons. The Bertz CT molecular complexity index is 616. The highest BCUT2D eigenvalue weighted by Gasteiger charge is 2.17. The summed E-state index contributed by atoms with van der Waals surface area (Å²) in [5.74, 6) is 0.403. The van der Waals surface area contributed by atoms with Crippen molar-refractivity contribution in [3.8, 4) is 0 Å². The number of aliphatic hydroxyl groups excluding tert-OH is 1. The van der Waals surface area contributed by atoms with E-state index in [0.29, 0.717) is 5.75 Å². The molecule has 0 saturated heterocycles. The number of hydrogen-bond acceptors (Lipinski definition) is 6. The fraction of sp³-hybridized carbons (Fsp3) is 0.500. The molecule has 1 aromatic rings. The lowest BCUT2D eigenvalue weighted by molar-refractivity contribution is -0.113. The summed E-state index contributed by atoms with van der Waals surface area (Å²) in [6.07, 6.45) is -1.33. The van der Waals surface area contributed by atoms with Crippen LogP contribution in [0.1, 0.15) is 20.8 Å². The average Bonchev–Trinajstić information content (AvgIpc) is 2.48. The van der Waals surface area contributed by atoms with Gasteiger partial charge in [0.15, 0.2) is 0 Å². The third-order valence-corrected chi connectivity index (χ3v) is 4.11. The van der Waals surface area contributed by atoms with Gasteiger partial charge in [0.2, 0.25) is 5.91 Å². The average molecular weight is 353 g/mol. The van der Waals surface area contributed by atoms with Gasteiger partial charge in [0, 0.05) is 23.7 Å². The van der Waals surface area contributed by atoms with Crippen LogP contribution in [0.25, 0.3) is 0 Å². The number of aliphatic hydroxyl groups is 1. The Kier molecular flexibility index (Phi) is 5.95. The van der Waals surface area contributed by atoms with E-state index in [0.717, 1.165) is 16.3 Å². The van der Waals surface area contributed by atoms with Crippen molar-refractivity contribution in [1.29, 1.82) is 0 Å². The zero-order valence-corrected chi connectivity index (χ0v) is 14.8. The molecule has 0 radical (unpaired) electrons. The predicted molar refractivity (Wildman–Crippen MR) is 94.5 cm³/mol. The van der Waals surface area contributed by atoms with Crippen LogP contribution < -0.4 is 16.0 Å². The van der Waals surface area contributed by atoms with Crippen molar-refractivity contribution in [3.63, 3.8) is 0 Å². The maximum atomic E-state index is 11.5.